The molecule has 3 nitrogen and oxygen atoms in total. The number of carbonyl (C=O) groups is 1. The number of ether oxygens (including phenoxy) is 1. The van der Waals surface area contributed by atoms with Gasteiger partial charge in [-0.15, -0.1) is 0 Å². The molecule has 0 unspecified atom stereocenters. The maximum atomic E-state index is 11.7. The maximum Gasteiger partial charge on any atom is 0.307 e. The van der Waals surface area contributed by atoms with Crippen LogP contribution in [0.25, 0.3) is 0 Å². The lowest BCUT2D eigenvalue weighted by atomic mass is 9.82. The van der Waals surface area contributed by atoms with Gasteiger partial charge in [0.15, 0.2) is 0 Å². The van der Waals surface area contributed by atoms with Crippen molar-refractivity contribution in [3.63, 3.8) is 0 Å². The van der Waals surface area contributed by atoms with Crippen LogP contribution in [0, 0.1) is 5.41 Å². The summed E-state index contributed by atoms with van der Waals surface area (Å²) in [6, 6.07) is 0. The van der Waals surface area contributed by atoms with Gasteiger partial charge in [0.05, 0.1) is 6.42 Å². The molecule has 0 spiro atoms. The van der Waals surface area contributed by atoms with Crippen LogP contribution in [0.2, 0.25) is 0 Å². The van der Waals surface area contributed by atoms with Crippen molar-refractivity contribution in [2.45, 2.75) is 39.7 Å². The van der Waals surface area contributed by atoms with Crippen LogP contribution < -0.4 is 5.32 Å². The van der Waals surface area contributed by atoms with Crippen LogP contribution in [0.3, 0.4) is 0 Å². The molecule has 1 fully saturated rings. The van der Waals surface area contributed by atoms with E-state index >= 15 is 0 Å². The molecule has 1 aliphatic rings. The molecule has 0 saturated carbocycles. The van der Waals surface area contributed by atoms with E-state index < -0.39 is 5.60 Å². The van der Waals surface area contributed by atoms with Gasteiger partial charge in [0.25, 0.3) is 0 Å². The van der Waals surface area contributed by atoms with Crippen LogP contribution >= 0.6 is 0 Å². The maximum absolute atomic E-state index is 11.7. The number of nitrogens with one attached hydrogen (secondary N) is 1. The van der Waals surface area contributed by atoms with Gasteiger partial charge in [-0.25, -0.2) is 0 Å². The highest BCUT2D eigenvalue weighted by Gasteiger charge is 2.35. The van der Waals surface area contributed by atoms with Crippen LogP contribution in [0.1, 0.15) is 34.1 Å². The molecule has 0 bridgehead atoms. The molecule has 1 heterocycles. The zero-order chi connectivity index (χ0) is 11.7. The van der Waals surface area contributed by atoms with Gasteiger partial charge >= 0.3 is 5.97 Å². The SMILES string of the molecule is C=C1CNC[C@@]1(C)CC(=O)OC(C)(C)C. The molecule has 0 aromatic rings. The summed E-state index contributed by atoms with van der Waals surface area (Å²) in [6.07, 6.45) is 0.413. The molecule has 86 valence electrons. The standard InChI is InChI=1S/C12H21NO2/c1-9-7-13-8-12(9,5)6-10(14)15-11(2,3)4/h13H,1,6-8H2,2-5H3/t12-/m1/s1. The normalized spacial score (nSPS) is 26.8. The first-order chi connectivity index (χ1) is 6.73. The molecule has 1 saturated heterocycles. The van der Waals surface area contributed by atoms with E-state index in [1.165, 1.54) is 0 Å². The Morgan fingerprint density at radius 1 is 1.60 bits per heavy atom. The number of rotatable bonds is 2. The van der Waals surface area contributed by atoms with Crippen LogP contribution in [0.5, 0.6) is 0 Å². The molecule has 0 aromatic carbocycles. The zero-order valence-electron chi connectivity index (χ0n) is 10.1. The summed E-state index contributed by atoms with van der Waals surface area (Å²) in [5.41, 5.74) is 0.553. The molecule has 0 aliphatic carbocycles. The van der Waals surface area contributed by atoms with Crippen molar-refractivity contribution in [3.05, 3.63) is 12.2 Å². The Balaban J connectivity index is 2.55. The number of carbonyl (C=O) groups excluding carboxylic acids is 1. The summed E-state index contributed by atoms with van der Waals surface area (Å²) in [5.74, 6) is -0.144. The first kappa shape index (κ1) is 12.2. The highest BCUT2D eigenvalue weighted by Crippen LogP contribution is 2.33. The van der Waals surface area contributed by atoms with Gasteiger partial charge in [-0.1, -0.05) is 19.1 Å². The quantitative estimate of drug-likeness (QED) is 0.560. The fraction of sp³-hybridized carbons (Fsp3) is 0.750. The second-order valence-electron chi connectivity index (χ2n) is 5.53. The van der Waals surface area contributed by atoms with Gasteiger partial charge in [-0.2, -0.15) is 0 Å². The summed E-state index contributed by atoms with van der Waals surface area (Å²) < 4.78 is 5.31. The smallest absolute Gasteiger partial charge is 0.307 e. The van der Waals surface area contributed by atoms with E-state index in [-0.39, 0.29) is 11.4 Å². The Morgan fingerprint density at radius 3 is 2.60 bits per heavy atom. The molecule has 1 aliphatic heterocycles. The van der Waals surface area contributed by atoms with Gasteiger partial charge in [-0.3, -0.25) is 4.79 Å². The van der Waals surface area contributed by atoms with Crippen LogP contribution in [-0.2, 0) is 9.53 Å². The average Bonchev–Trinajstić information content (AvgIpc) is 2.27. The van der Waals surface area contributed by atoms with Crippen molar-refractivity contribution in [2.24, 2.45) is 5.41 Å². The van der Waals surface area contributed by atoms with E-state index in [0.29, 0.717) is 6.42 Å². The Hall–Kier alpha value is -0.830. The fourth-order valence-corrected chi connectivity index (χ4v) is 1.71. The minimum absolute atomic E-state index is 0.137. The molecule has 0 radical (unpaired) electrons. The first-order valence-corrected chi connectivity index (χ1v) is 5.34. The summed E-state index contributed by atoms with van der Waals surface area (Å²) in [7, 11) is 0. The number of hydrogen-bond donors (Lipinski definition) is 1. The molecule has 1 atom stereocenters. The molecule has 3 heteroatoms. The van der Waals surface area contributed by atoms with Crippen molar-refractivity contribution < 1.29 is 9.53 Å². The van der Waals surface area contributed by atoms with E-state index in [2.05, 4.69) is 18.8 Å². The highest BCUT2D eigenvalue weighted by atomic mass is 16.6. The van der Waals surface area contributed by atoms with E-state index in [9.17, 15) is 4.79 Å². The molecule has 0 amide bonds. The monoisotopic (exact) mass is 211 g/mol. The molecule has 15 heavy (non-hydrogen) atoms. The van der Waals surface area contributed by atoms with E-state index in [1.54, 1.807) is 0 Å². The Kier molecular flexibility index (Phi) is 3.24. The summed E-state index contributed by atoms with van der Waals surface area (Å²) in [5, 5.41) is 3.22. The summed E-state index contributed by atoms with van der Waals surface area (Å²) >= 11 is 0. The minimum Gasteiger partial charge on any atom is -0.460 e. The Morgan fingerprint density at radius 2 is 2.20 bits per heavy atom. The van der Waals surface area contributed by atoms with Crippen molar-refractivity contribution in [1.82, 2.24) is 5.32 Å². The predicted molar refractivity (Wildman–Crippen MR) is 60.6 cm³/mol. The second kappa shape index (κ2) is 3.97. The van der Waals surface area contributed by atoms with Gasteiger partial charge < -0.3 is 10.1 Å². The molecule has 0 aromatic heterocycles. The third-order valence-corrected chi connectivity index (χ3v) is 2.66. The minimum atomic E-state index is -0.402. The predicted octanol–water partition coefficient (Wildman–Crippen LogP) is 1.88. The Bertz CT molecular complexity index is 278. The third-order valence-electron chi connectivity index (χ3n) is 2.66. The van der Waals surface area contributed by atoms with Crippen molar-refractivity contribution in [1.29, 1.82) is 0 Å². The molecular formula is C12H21NO2. The van der Waals surface area contributed by atoms with Gasteiger partial charge in [0, 0.05) is 18.5 Å². The Labute approximate surface area is 91.9 Å². The van der Waals surface area contributed by atoms with Crippen molar-refractivity contribution in [2.75, 3.05) is 13.1 Å². The lowest BCUT2D eigenvalue weighted by Gasteiger charge is -2.26. The van der Waals surface area contributed by atoms with Gasteiger partial charge in [0.1, 0.15) is 5.60 Å². The van der Waals surface area contributed by atoms with Gasteiger partial charge in [-0.05, 0) is 20.8 Å². The third kappa shape index (κ3) is 3.34. The zero-order valence-corrected chi connectivity index (χ0v) is 10.1. The van der Waals surface area contributed by atoms with E-state index in [4.69, 9.17) is 4.74 Å². The summed E-state index contributed by atoms with van der Waals surface area (Å²) in [6.45, 7) is 13.3. The van der Waals surface area contributed by atoms with Crippen molar-refractivity contribution >= 4 is 5.97 Å². The lowest BCUT2D eigenvalue weighted by molar-refractivity contribution is -0.156. The average molecular weight is 211 g/mol. The van der Waals surface area contributed by atoms with Crippen molar-refractivity contribution in [3.8, 4) is 0 Å². The summed E-state index contributed by atoms with van der Waals surface area (Å²) in [4.78, 5) is 11.7. The second-order valence-corrected chi connectivity index (χ2v) is 5.53. The van der Waals surface area contributed by atoms with Crippen LogP contribution in [-0.4, -0.2) is 24.7 Å². The van der Waals surface area contributed by atoms with E-state index in [1.807, 2.05) is 20.8 Å². The molecule has 1 rings (SSSR count). The molecular weight excluding hydrogens is 190 g/mol. The van der Waals surface area contributed by atoms with Crippen LogP contribution in [0.15, 0.2) is 12.2 Å². The van der Waals surface area contributed by atoms with Gasteiger partial charge in [0.2, 0.25) is 0 Å². The largest absolute Gasteiger partial charge is 0.460 e. The lowest BCUT2D eigenvalue weighted by Crippen LogP contribution is -2.30. The molecule has 1 N–H and O–H groups in total. The highest BCUT2D eigenvalue weighted by molar-refractivity contribution is 5.71. The fourth-order valence-electron chi connectivity index (χ4n) is 1.71. The van der Waals surface area contributed by atoms with Crippen LogP contribution in [0.4, 0.5) is 0 Å². The first-order valence-electron chi connectivity index (χ1n) is 5.34. The number of esters is 1. The topological polar surface area (TPSA) is 38.3 Å². The number of hydrogen-bond acceptors (Lipinski definition) is 3. The van der Waals surface area contributed by atoms with E-state index in [0.717, 1.165) is 18.7 Å².